The van der Waals surface area contributed by atoms with Gasteiger partial charge in [-0.2, -0.15) is 0 Å². The number of carbonyl (C=O) groups excluding carboxylic acids is 2. The first-order chi connectivity index (χ1) is 19.1. The highest BCUT2D eigenvalue weighted by atomic mass is 79.9. The lowest BCUT2D eigenvalue weighted by molar-refractivity contribution is 0.0189. The Balaban J connectivity index is 1.33. The van der Waals surface area contributed by atoms with Crippen LogP contribution in [0.15, 0.2) is 53.1 Å². The van der Waals surface area contributed by atoms with E-state index in [1.54, 1.807) is 11.0 Å². The molecule has 1 atom stereocenters. The van der Waals surface area contributed by atoms with E-state index in [0.717, 1.165) is 52.3 Å². The summed E-state index contributed by atoms with van der Waals surface area (Å²) in [6, 6.07) is 14.7. The van der Waals surface area contributed by atoms with Crippen molar-refractivity contribution in [3.63, 3.8) is 0 Å². The zero-order chi connectivity index (χ0) is 28.4. The topological polar surface area (TPSA) is 64.0 Å². The van der Waals surface area contributed by atoms with E-state index >= 15 is 0 Å². The monoisotopic (exact) mass is 613 g/mol. The number of amides is 2. The molecule has 2 aromatic carbocycles. The smallest absolute Gasteiger partial charge is 0.410 e. The van der Waals surface area contributed by atoms with Gasteiger partial charge in [-0.15, -0.1) is 0 Å². The van der Waals surface area contributed by atoms with E-state index in [0.29, 0.717) is 26.1 Å². The van der Waals surface area contributed by atoms with Crippen molar-refractivity contribution in [3.05, 3.63) is 70.1 Å². The molecule has 0 saturated carbocycles. The SMILES string of the molecule is CC(C)(C)OC(=O)N1CCC(n2c(Br)c(C[C@@H]3CCCN3C(=O)OCc3ccccc3)c3ccc(F)cc32)CC1. The molecule has 7 nitrogen and oxygen atoms in total. The second kappa shape index (κ2) is 11.8. The minimum atomic E-state index is -0.540. The van der Waals surface area contributed by atoms with Crippen LogP contribution < -0.4 is 0 Å². The van der Waals surface area contributed by atoms with Crippen molar-refractivity contribution in [3.8, 4) is 0 Å². The third kappa shape index (κ3) is 6.29. The van der Waals surface area contributed by atoms with E-state index in [4.69, 9.17) is 9.47 Å². The van der Waals surface area contributed by atoms with Crippen LogP contribution in [0.3, 0.4) is 0 Å². The number of benzene rings is 2. The van der Waals surface area contributed by atoms with Gasteiger partial charge in [-0.25, -0.2) is 14.0 Å². The number of carbonyl (C=O) groups is 2. The Morgan fingerprint density at radius 1 is 1.00 bits per heavy atom. The average molecular weight is 615 g/mol. The molecule has 40 heavy (non-hydrogen) atoms. The van der Waals surface area contributed by atoms with E-state index in [1.807, 2.05) is 62.1 Å². The van der Waals surface area contributed by atoms with Crippen LogP contribution in [0.5, 0.6) is 0 Å². The molecule has 0 radical (unpaired) electrons. The minimum absolute atomic E-state index is 0.00214. The Morgan fingerprint density at radius 3 is 2.42 bits per heavy atom. The lowest BCUT2D eigenvalue weighted by Crippen LogP contribution is -2.42. The van der Waals surface area contributed by atoms with Crippen molar-refractivity contribution >= 4 is 39.0 Å². The fraction of sp³-hybridized carbons (Fsp3) is 0.484. The fourth-order valence-corrected chi connectivity index (χ4v) is 6.69. The summed E-state index contributed by atoms with van der Waals surface area (Å²) in [6.07, 6.45) is 3.32. The molecule has 2 fully saturated rings. The lowest BCUT2D eigenvalue weighted by Gasteiger charge is -2.34. The summed E-state index contributed by atoms with van der Waals surface area (Å²) in [5.41, 5.74) is 2.31. The first kappa shape index (κ1) is 28.5. The van der Waals surface area contributed by atoms with Crippen molar-refractivity contribution in [1.29, 1.82) is 0 Å². The predicted octanol–water partition coefficient (Wildman–Crippen LogP) is 7.46. The summed E-state index contributed by atoms with van der Waals surface area (Å²) in [6.45, 7) is 7.64. The Labute approximate surface area is 243 Å². The molecule has 3 heterocycles. The van der Waals surface area contributed by atoms with Gasteiger partial charge in [0, 0.05) is 37.1 Å². The van der Waals surface area contributed by atoms with Gasteiger partial charge in [-0.3, -0.25) is 0 Å². The highest BCUT2D eigenvalue weighted by molar-refractivity contribution is 9.10. The van der Waals surface area contributed by atoms with Crippen LogP contribution in [0, 0.1) is 5.82 Å². The molecule has 9 heteroatoms. The second-order valence-electron chi connectivity index (χ2n) is 11.7. The average Bonchev–Trinajstić information content (AvgIpc) is 3.49. The van der Waals surface area contributed by atoms with Gasteiger partial charge in [-0.1, -0.05) is 30.3 Å². The van der Waals surface area contributed by atoms with Gasteiger partial charge in [0.15, 0.2) is 0 Å². The molecule has 2 aliphatic heterocycles. The van der Waals surface area contributed by atoms with E-state index in [1.165, 1.54) is 6.07 Å². The van der Waals surface area contributed by atoms with Gasteiger partial charge in [0.05, 0.1) is 10.1 Å². The van der Waals surface area contributed by atoms with Crippen LogP contribution in [0.2, 0.25) is 0 Å². The molecular formula is C31H37BrFN3O4. The zero-order valence-electron chi connectivity index (χ0n) is 23.4. The maximum Gasteiger partial charge on any atom is 0.410 e. The number of halogens is 2. The molecule has 0 N–H and O–H groups in total. The molecule has 0 aliphatic carbocycles. The van der Waals surface area contributed by atoms with E-state index in [-0.39, 0.29) is 36.7 Å². The van der Waals surface area contributed by atoms with Gasteiger partial charge in [0.25, 0.3) is 0 Å². The molecule has 0 unspecified atom stereocenters. The van der Waals surface area contributed by atoms with Gasteiger partial charge >= 0.3 is 12.2 Å². The largest absolute Gasteiger partial charge is 0.445 e. The summed E-state index contributed by atoms with van der Waals surface area (Å²) in [7, 11) is 0. The molecule has 2 saturated heterocycles. The molecule has 214 valence electrons. The van der Waals surface area contributed by atoms with Crippen LogP contribution >= 0.6 is 15.9 Å². The van der Waals surface area contributed by atoms with Crippen molar-refractivity contribution in [1.82, 2.24) is 14.4 Å². The fourth-order valence-electron chi connectivity index (χ4n) is 5.83. The number of rotatable bonds is 5. The molecule has 5 rings (SSSR count). The molecule has 2 amide bonds. The Bertz CT molecular complexity index is 1360. The Kier molecular flexibility index (Phi) is 8.40. The molecule has 0 spiro atoms. The molecule has 1 aromatic heterocycles. The standard InChI is InChI=1S/C31H37BrFN3O4/c1-31(2,3)40-29(37)34-16-13-23(14-17-34)36-27-18-22(33)11-12-25(27)26(28(36)32)19-24-10-7-15-35(24)30(38)39-20-21-8-5-4-6-9-21/h4-6,8-9,11-12,18,23-24H,7,10,13-17,19-20H2,1-3H3/t24-/m0/s1. The normalized spacial score (nSPS) is 18.4. The maximum absolute atomic E-state index is 14.5. The second-order valence-corrected chi connectivity index (χ2v) is 12.5. The number of hydrogen-bond acceptors (Lipinski definition) is 4. The number of likely N-dealkylation sites (tertiary alicyclic amines) is 2. The van der Waals surface area contributed by atoms with Crippen LogP contribution in [0.1, 0.15) is 63.6 Å². The minimum Gasteiger partial charge on any atom is -0.445 e. The number of hydrogen-bond donors (Lipinski definition) is 0. The summed E-state index contributed by atoms with van der Waals surface area (Å²) in [4.78, 5) is 29.2. The third-order valence-electron chi connectivity index (χ3n) is 7.74. The van der Waals surface area contributed by atoms with Crippen molar-refractivity contribution < 1.29 is 23.5 Å². The molecule has 0 bridgehead atoms. The summed E-state index contributed by atoms with van der Waals surface area (Å²) in [5, 5.41) is 0.979. The van der Waals surface area contributed by atoms with Crippen molar-refractivity contribution in [2.45, 2.75) is 77.2 Å². The van der Waals surface area contributed by atoms with E-state index < -0.39 is 5.60 Å². The third-order valence-corrected chi connectivity index (χ3v) is 8.60. The lowest BCUT2D eigenvalue weighted by atomic mass is 10.0. The number of piperidine rings is 1. The van der Waals surface area contributed by atoms with E-state index in [2.05, 4.69) is 20.5 Å². The summed E-state index contributed by atoms with van der Waals surface area (Å²) < 4.78 is 28.8. The number of aromatic nitrogens is 1. The molecular weight excluding hydrogens is 577 g/mol. The number of fused-ring (bicyclic) bond motifs is 1. The molecule has 3 aromatic rings. The van der Waals surface area contributed by atoms with Crippen LogP contribution in [0.4, 0.5) is 14.0 Å². The first-order valence-electron chi connectivity index (χ1n) is 14.0. The van der Waals surface area contributed by atoms with E-state index in [9.17, 15) is 14.0 Å². The first-order valence-corrected chi connectivity index (χ1v) is 14.8. The van der Waals surface area contributed by atoms with Crippen molar-refractivity contribution in [2.24, 2.45) is 0 Å². The Hall–Kier alpha value is -3.07. The van der Waals surface area contributed by atoms with Gasteiger partial charge < -0.3 is 23.8 Å². The molecule has 2 aliphatic rings. The van der Waals surface area contributed by atoms with Gasteiger partial charge in [0.2, 0.25) is 0 Å². The summed E-state index contributed by atoms with van der Waals surface area (Å²) >= 11 is 3.86. The summed E-state index contributed by atoms with van der Waals surface area (Å²) in [5.74, 6) is -0.288. The maximum atomic E-state index is 14.5. The Morgan fingerprint density at radius 2 is 1.73 bits per heavy atom. The highest BCUT2D eigenvalue weighted by Gasteiger charge is 2.34. The quantitative estimate of drug-likeness (QED) is 0.299. The van der Waals surface area contributed by atoms with Crippen LogP contribution in [-0.4, -0.2) is 57.8 Å². The number of ether oxygens (including phenoxy) is 2. The highest BCUT2D eigenvalue weighted by Crippen LogP contribution is 2.39. The number of nitrogens with zero attached hydrogens (tertiary/aromatic N) is 3. The van der Waals surface area contributed by atoms with Crippen molar-refractivity contribution in [2.75, 3.05) is 19.6 Å². The van der Waals surface area contributed by atoms with Crippen LogP contribution in [0.25, 0.3) is 10.9 Å². The zero-order valence-corrected chi connectivity index (χ0v) is 25.0. The predicted molar refractivity (Wildman–Crippen MR) is 156 cm³/mol. The van der Waals surface area contributed by atoms with Gasteiger partial charge in [0.1, 0.15) is 18.0 Å². The van der Waals surface area contributed by atoms with Gasteiger partial charge in [-0.05, 0) is 98.1 Å². The van der Waals surface area contributed by atoms with Crippen LogP contribution in [-0.2, 0) is 22.5 Å².